The van der Waals surface area contributed by atoms with Crippen LogP contribution in [0.4, 0.5) is 0 Å². The molecule has 2 aromatic rings. The molecular weight excluding hydrogens is 386 g/mol. The second kappa shape index (κ2) is 9.57. The molecule has 6 heteroatoms. The van der Waals surface area contributed by atoms with Crippen molar-refractivity contribution in [2.45, 2.75) is 30.9 Å². The molecule has 0 radical (unpaired) electrons. The summed E-state index contributed by atoms with van der Waals surface area (Å²) >= 11 is 0. The first-order valence-electron chi connectivity index (χ1n) is 9.73. The number of hydrogen-bond donors (Lipinski definition) is 1. The molecule has 29 heavy (non-hydrogen) atoms. The molecule has 0 amide bonds. The zero-order valence-corrected chi connectivity index (χ0v) is 18.1. The summed E-state index contributed by atoms with van der Waals surface area (Å²) in [5.74, 6) is 0.662. The molecule has 3 rings (SSSR count). The van der Waals surface area contributed by atoms with E-state index in [2.05, 4.69) is 0 Å². The van der Waals surface area contributed by atoms with Crippen LogP contribution in [0.15, 0.2) is 65.8 Å². The summed E-state index contributed by atoms with van der Waals surface area (Å²) in [5.41, 5.74) is 2.15. The SMILES string of the molecule is CO/C=C/[C@H]1[C@@H](C(C)O)CN(S(=O)c2ccc(C)cc2)[C@@H]1c1ccc(OC)cc1. The lowest BCUT2D eigenvalue weighted by molar-refractivity contribution is 0.116. The van der Waals surface area contributed by atoms with Crippen molar-refractivity contribution in [2.24, 2.45) is 11.8 Å². The number of rotatable bonds is 7. The number of ether oxygens (including phenoxy) is 2. The Hall–Kier alpha value is -2.15. The molecule has 5 nitrogen and oxygen atoms in total. The average molecular weight is 416 g/mol. The Labute approximate surface area is 175 Å². The van der Waals surface area contributed by atoms with Crippen LogP contribution < -0.4 is 4.74 Å². The molecule has 2 aromatic carbocycles. The maximum atomic E-state index is 13.5. The van der Waals surface area contributed by atoms with Crippen molar-refractivity contribution in [2.75, 3.05) is 20.8 Å². The van der Waals surface area contributed by atoms with Crippen LogP contribution in [0, 0.1) is 18.8 Å². The first kappa shape index (κ1) is 21.6. The lowest BCUT2D eigenvalue weighted by atomic mass is 9.84. The maximum Gasteiger partial charge on any atom is 0.128 e. The van der Waals surface area contributed by atoms with Gasteiger partial charge in [0.05, 0.1) is 37.5 Å². The van der Waals surface area contributed by atoms with Crippen molar-refractivity contribution < 1.29 is 18.8 Å². The Kier molecular flexibility index (Phi) is 7.11. The van der Waals surface area contributed by atoms with Crippen molar-refractivity contribution in [3.63, 3.8) is 0 Å². The highest BCUT2D eigenvalue weighted by atomic mass is 32.2. The number of nitrogens with zero attached hydrogens (tertiary/aromatic N) is 1. The van der Waals surface area contributed by atoms with Crippen LogP contribution in [0.1, 0.15) is 24.1 Å². The average Bonchev–Trinajstić information content (AvgIpc) is 3.12. The van der Waals surface area contributed by atoms with E-state index in [0.29, 0.717) is 6.54 Å². The standard InChI is InChI=1S/C23H29NO4S/c1-16-5-11-20(12-6-16)29(26)24-15-22(17(2)25)21(13-14-27-3)23(24)18-7-9-19(28-4)10-8-18/h5-14,17,21-23,25H,15H2,1-4H3/b14-13+/t17?,21-,22+,23+,29?/m0/s1. The van der Waals surface area contributed by atoms with Gasteiger partial charge in [0.1, 0.15) is 16.7 Å². The van der Waals surface area contributed by atoms with E-state index in [9.17, 15) is 9.32 Å². The Bertz CT molecular complexity index is 848. The van der Waals surface area contributed by atoms with E-state index < -0.39 is 17.1 Å². The number of benzene rings is 2. The molecule has 1 heterocycles. The van der Waals surface area contributed by atoms with E-state index in [1.165, 1.54) is 0 Å². The van der Waals surface area contributed by atoms with Crippen LogP contribution >= 0.6 is 0 Å². The normalized spacial score (nSPS) is 24.5. The first-order chi connectivity index (χ1) is 14.0. The topological polar surface area (TPSA) is 59.0 Å². The minimum atomic E-state index is -1.35. The van der Waals surface area contributed by atoms with Gasteiger partial charge in [-0.05, 0) is 49.8 Å². The van der Waals surface area contributed by atoms with E-state index in [1.807, 2.05) is 65.8 Å². The zero-order chi connectivity index (χ0) is 21.0. The van der Waals surface area contributed by atoms with E-state index in [4.69, 9.17) is 9.47 Å². The third kappa shape index (κ3) is 4.71. The van der Waals surface area contributed by atoms with Crippen LogP contribution in [0.3, 0.4) is 0 Å². The van der Waals surface area contributed by atoms with Crippen LogP contribution in [0.25, 0.3) is 0 Å². The van der Waals surface area contributed by atoms with Gasteiger partial charge >= 0.3 is 0 Å². The molecule has 0 spiro atoms. The molecule has 0 aliphatic carbocycles. The first-order valence-corrected chi connectivity index (χ1v) is 10.8. The fourth-order valence-corrected chi connectivity index (χ4v) is 5.33. The molecule has 5 atom stereocenters. The Morgan fingerprint density at radius 2 is 1.79 bits per heavy atom. The summed E-state index contributed by atoms with van der Waals surface area (Å²) in [6.45, 7) is 4.33. The van der Waals surface area contributed by atoms with Crippen molar-refractivity contribution in [3.05, 3.63) is 72.0 Å². The second-order valence-electron chi connectivity index (χ2n) is 7.43. The number of aliphatic hydroxyl groups excluding tert-OH is 1. The molecule has 0 aromatic heterocycles. The maximum absolute atomic E-state index is 13.5. The summed E-state index contributed by atoms with van der Waals surface area (Å²) in [7, 11) is 1.89. The Balaban J connectivity index is 2.03. The van der Waals surface area contributed by atoms with Gasteiger partial charge in [-0.2, -0.15) is 0 Å². The summed E-state index contributed by atoms with van der Waals surface area (Å²) in [6, 6.07) is 15.4. The van der Waals surface area contributed by atoms with Crippen molar-refractivity contribution in [1.29, 1.82) is 0 Å². The van der Waals surface area contributed by atoms with Gasteiger partial charge in [0, 0.05) is 18.4 Å². The summed E-state index contributed by atoms with van der Waals surface area (Å²) in [6.07, 6.45) is 3.08. The molecule has 1 saturated heterocycles. The van der Waals surface area contributed by atoms with Gasteiger partial charge in [-0.25, -0.2) is 8.51 Å². The lowest BCUT2D eigenvalue weighted by Gasteiger charge is -2.27. The van der Waals surface area contributed by atoms with Crippen molar-refractivity contribution in [3.8, 4) is 5.75 Å². The highest BCUT2D eigenvalue weighted by Crippen LogP contribution is 2.45. The number of aliphatic hydroxyl groups is 1. The predicted molar refractivity (Wildman–Crippen MR) is 115 cm³/mol. The number of methoxy groups -OCH3 is 2. The van der Waals surface area contributed by atoms with Crippen LogP contribution in [0.2, 0.25) is 0 Å². The molecule has 156 valence electrons. The minimum Gasteiger partial charge on any atom is -0.505 e. The molecule has 1 aliphatic heterocycles. The monoisotopic (exact) mass is 415 g/mol. The Morgan fingerprint density at radius 1 is 1.14 bits per heavy atom. The molecular formula is C23H29NO4S. The predicted octanol–water partition coefficient (Wildman–Crippen LogP) is 3.86. The van der Waals surface area contributed by atoms with Crippen molar-refractivity contribution >= 4 is 11.0 Å². The summed E-state index contributed by atoms with van der Waals surface area (Å²) < 4.78 is 26.0. The molecule has 1 fully saturated rings. The molecule has 1 aliphatic rings. The molecule has 2 unspecified atom stereocenters. The van der Waals surface area contributed by atoms with Gasteiger partial charge in [-0.15, -0.1) is 0 Å². The van der Waals surface area contributed by atoms with Gasteiger partial charge in [0.25, 0.3) is 0 Å². The van der Waals surface area contributed by atoms with Gasteiger partial charge in [0.2, 0.25) is 0 Å². The van der Waals surface area contributed by atoms with Crippen molar-refractivity contribution in [1.82, 2.24) is 4.31 Å². The highest BCUT2D eigenvalue weighted by Gasteiger charge is 2.45. The fraction of sp³-hybridized carbons (Fsp3) is 0.391. The summed E-state index contributed by atoms with van der Waals surface area (Å²) in [5, 5.41) is 10.5. The third-order valence-electron chi connectivity index (χ3n) is 5.51. The number of aryl methyl sites for hydroxylation is 1. The molecule has 1 N–H and O–H groups in total. The quantitative estimate of drug-likeness (QED) is 0.698. The van der Waals surface area contributed by atoms with E-state index in [1.54, 1.807) is 27.4 Å². The summed E-state index contributed by atoms with van der Waals surface area (Å²) in [4.78, 5) is 0.759. The van der Waals surface area contributed by atoms with Gasteiger partial charge in [-0.3, -0.25) is 0 Å². The van der Waals surface area contributed by atoms with Gasteiger partial charge < -0.3 is 14.6 Å². The van der Waals surface area contributed by atoms with Crippen LogP contribution in [-0.4, -0.2) is 40.5 Å². The highest BCUT2D eigenvalue weighted by molar-refractivity contribution is 7.82. The zero-order valence-electron chi connectivity index (χ0n) is 17.3. The van der Waals surface area contributed by atoms with Gasteiger partial charge in [-0.1, -0.05) is 29.8 Å². The van der Waals surface area contributed by atoms with E-state index in [-0.39, 0.29) is 17.9 Å². The lowest BCUT2D eigenvalue weighted by Crippen LogP contribution is -2.28. The molecule has 0 saturated carbocycles. The fourth-order valence-electron chi connectivity index (χ4n) is 3.91. The van der Waals surface area contributed by atoms with Crippen LogP contribution in [-0.2, 0) is 15.7 Å². The van der Waals surface area contributed by atoms with E-state index in [0.717, 1.165) is 21.8 Å². The largest absolute Gasteiger partial charge is 0.505 e. The third-order valence-corrected chi connectivity index (χ3v) is 6.99. The van der Waals surface area contributed by atoms with E-state index >= 15 is 0 Å². The minimum absolute atomic E-state index is 0.0438. The van der Waals surface area contributed by atoms with Crippen LogP contribution in [0.5, 0.6) is 5.75 Å². The smallest absolute Gasteiger partial charge is 0.128 e. The van der Waals surface area contributed by atoms with Gasteiger partial charge in [0.15, 0.2) is 0 Å². The Morgan fingerprint density at radius 3 is 2.34 bits per heavy atom. The molecule has 0 bridgehead atoms. The number of hydrogen-bond acceptors (Lipinski definition) is 4. The second-order valence-corrected chi connectivity index (χ2v) is 8.86.